The van der Waals surface area contributed by atoms with E-state index in [1.165, 1.54) is 16.2 Å². The molecule has 1 fully saturated rings. The van der Waals surface area contributed by atoms with Gasteiger partial charge in [-0.2, -0.15) is 0 Å². The number of nitrogens with one attached hydrogen (secondary N) is 1. The van der Waals surface area contributed by atoms with E-state index in [4.69, 9.17) is 5.73 Å². The van der Waals surface area contributed by atoms with Crippen molar-refractivity contribution in [1.29, 1.82) is 0 Å². The quantitative estimate of drug-likeness (QED) is 0.693. The summed E-state index contributed by atoms with van der Waals surface area (Å²) in [5.74, 6) is 0.444. The Morgan fingerprint density at radius 3 is 2.59 bits per heavy atom. The molecule has 1 amide bonds. The van der Waals surface area contributed by atoms with Gasteiger partial charge in [-0.05, 0) is 33.6 Å². The Morgan fingerprint density at radius 1 is 1.45 bits per heavy atom. The molecule has 1 saturated carbocycles. The van der Waals surface area contributed by atoms with Gasteiger partial charge in [0.25, 0.3) is 0 Å². The van der Waals surface area contributed by atoms with Crippen LogP contribution in [0.25, 0.3) is 0 Å². The largest absolute Gasteiger partial charge is 0.465 e. The first-order valence-electron chi connectivity index (χ1n) is 7.25. The van der Waals surface area contributed by atoms with Gasteiger partial charge in [0.1, 0.15) is 10.7 Å². The van der Waals surface area contributed by atoms with Gasteiger partial charge in [0.05, 0.1) is 0 Å². The number of nitrogen functional groups attached to an aromatic ring is 1. The second-order valence-electron chi connectivity index (χ2n) is 6.40. The molecule has 1 aromatic heterocycles. The molecular weight excluding hydrogens is 304 g/mol. The standard InChI is InChI=1S/C14H22N4O3S/c1-14(2,3)18(13(20)21)7-6-16-12-17-11(15)10(22-12)9(19)8-4-5-8/h8H,4-7,15H2,1-3H3,(H,16,17)(H,20,21). The number of nitrogens with zero attached hydrogens (tertiary/aromatic N) is 2. The van der Waals surface area contributed by atoms with Crippen LogP contribution >= 0.6 is 11.3 Å². The minimum atomic E-state index is -0.961. The van der Waals surface area contributed by atoms with Gasteiger partial charge in [-0.3, -0.25) is 4.79 Å². The van der Waals surface area contributed by atoms with Gasteiger partial charge in [0, 0.05) is 24.5 Å². The maximum atomic E-state index is 12.0. The zero-order valence-corrected chi connectivity index (χ0v) is 13.9. The van der Waals surface area contributed by atoms with Gasteiger partial charge in [-0.1, -0.05) is 11.3 Å². The first-order chi connectivity index (χ1) is 10.2. The number of amides is 1. The molecule has 1 aliphatic carbocycles. The molecule has 0 bridgehead atoms. The van der Waals surface area contributed by atoms with Gasteiger partial charge < -0.3 is 21.1 Å². The van der Waals surface area contributed by atoms with Crippen molar-refractivity contribution in [2.75, 3.05) is 24.1 Å². The Labute approximate surface area is 133 Å². The first-order valence-corrected chi connectivity index (χ1v) is 8.06. The van der Waals surface area contributed by atoms with Crippen molar-refractivity contribution >= 4 is 34.2 Å². The number of hydrogen-bond donors (Lipinski definition) is 3. The molecule has 1 heterocycles. The highest BCUT2D eigenvalue weighted by Crippen LogP contribution is 2.37. The van der Waals surface area contributed by atoms with Crippen LogP contribution in [0.4, 0.5) is 15.7 Å². The number of Topliss-reactive ketones (excluding diaryl/α,β-unsaturated/α-hetero) is 1. The molecule has 0 unspecified atom stereocenters. The summed E-state index contributed by atoms with van der Waals surface area (Å²) in [6, 6.07) is 0. The molecule has 0 spiro atoms. The van der Waals surface area contributed by atoms with Gasteiger partial charge >= 0.3 is 6.09 Å². The van der Waals surface area contributed by atoms with Crippen LogP contribution in [0.3, 0.4) is 0 Å². The lowest BCUT2D eigenvalue weighted by Gasteiger charge is -2.33. The maximum absolute atomic E-state index is 12.0. The summed E-state index contributed by atoms with van der Waals surface area (Å²) in [7, 11) is 0. The summed E-state index contributed by atoms with van der Waals surface area (Å²) < 4.78 is 0. The van der Waals surface area contributed by atoms with Crippen molar-refractivity contribution in [2.45, 2.75) is 39.2 Å². The smallest absolute Gasteiger partial charge is 0.407 e. The second-order valence-corrected chi connectivity index (χ2v) is 7.40. The van der Waals surface area contributed by atoms with E-state index in [9.17, 15) is 14.7 Å². The highest BCUT2D eigenvalue weighted by Gasteiger charge is 2.33. The summed E-state index contributed by atoms with van der Waals surface area (Å²) in [6.07, 6.45) is 0.897. The molecule has 0 radical (unpaired) electrons. The summed E-state index contributed by atoms with van der Waals surface area (Å²) in [5.41, 5.74) is 5.32. The van der Waals surface area contributed by atoms with Gasteiger partial charge in [-0.15, -0.1) is 0 Å². The van der Waals surface area contributed by atoms with E-state index < -0.39 is 11.6 Å². The van der Waals surface area contributed by atoms with Crippen LogP contribution < -0.4 is 11.1 Å². The van der Waals surface area contributed by atoms with Crippen molar-refractivity contribution in [3.63, 3.8) is 0 Å². The number of hydrogen-bond acceptors (Lipinski definition) is 6. The number of carboxylic acid groups (broad SMARTS) is 1. The summed E-state index contributed by atoms with van der Waals surface area (Å²) in [6.45, 7) is 6.26. The van der Waals surface area contributed by atoms with E-state index in [-0.39, 0.29) is 17.5 Å². The zero-order valence-electron chi connectivity index (χ0n) is 13.0. The molecule has 122 valence electrons. The molecule has 7 nitrogen and oxygen atoms in total. The Balaban J connectivity index is 1.93. The SMILES string of the molecule is CC(C)(C)N(CCNc1nc(N)c(C(=O)C2CC2)s1)C(=O)O. The van der Waals surface area contributed by atoms with Crippen molar-refractivity contribution < 1.29 is 14.7 Å². The van der Waals surface area contributed by atoms with Crippen LogP contribution in [-0.4, -0.2) is 45.5 Å². The van der Waals surface area contributed by atoms with Gasteiger partial charge in [-0.25, -0.2) is 9.78 Å². The van der Waals surface area contributed by atoms with E-state index in [1.807, 2.05) is 20.8 Å². The van der Waals surface area contributed by atoms with Gasteiger partial charge in [0.15, 0.2) is 10.9 Å². The third-order valence-corrected chi connectivity index (χ3v) is 4.52. The lowest BCUT2D eigenvalue weighted by atomic mass is 10.1. The van der Waals surface area contributed by atoms with Crippen LogP contribution in [0.1, 0.15) is 43.3 Å². The highest BCUT2D eigenvalue weighted by molar-refractivity contribution is 7.18. The fourth-order valence-corrected chi connectivity index (χ4v) is 3.04. The molecule has 0 atom stereocenters. The van der Waals surface area contributed by atoms with Crippen LogP contribution in [-0.2, 0) is 0 Å². The average molecular weight is 326 g/mol. The van der Waals surface area contributed by atoms with Crippen LogP contribution in [0.2, 0.25) is 0 Å². The fourth-order valence-electron chi connectivity index (χ4n) is 2.11. The number of anilines is 2. The number of aromatic nitrogens is 1. The molecular formula is C14H22N4O3S. The van der Waals surface area contributed by atoms with E-state index in [2.05, 4.69) is 10.3 Å². The molecule has 22 heavy (non-hydrogen) atoms. The summed E-state index contributed by atoms with van der Waals surface area (Å²) in [4.78, 5) is 29.3. The Morgan fingerprint density at radius 2 is 2.09 bits per heavy atom. The number of ketones is 1. The molecule has 1 aliphatic rings. The number of carbonyl (C=O) groups is 2. The Kier molecular flexibility index (Phi) is 4.60. The third kappa shape index (κ3) is 3.88. The van der Waals surface area contributed by atoms with Crippen LogP contribution in [0, 0.1) is 5.92 Å². The molecule has 0 saturated heterocycles. The summed E-state index contributed by atoms with van der Waals surface area (Å²) in [5, 5.41) is 12.8. The summed E-state index contributed by atoms with van der Waals surface area (Å²) >= 11 is 1.24. The van der Waals surface area contributed by atoms with Crippen molar-refractivity contribution in [1.82, 2.24) is 9.88 Å². The van der Waals surface area contributed by atoms with E-state index in [1.54, 1.807) is 0 Å². The number of thiazole rings is 1. The first kappa shape index (κ1) is 16.5. The highest BCUT2D eigenvalue weighted by atomic mass is 32.1. The fraction of sp³-hybridized carbons (Fsp3) is 0.643. The minimum Gasteiger partial charge on any atom is -0.465 e. The zero-order chi connectivity index (χ0) is 16.5. The van der Waals surface area contributed by atoms with E-state index >= 15 is 0 Å². The van der Waals surface area contributed by atoms with E-state index in [0.29, 0.717) is 23.1 Å². The molecule has 2 rings (SSSR count). The lowest BCUT2D eigenvalue weighted by molar-refractivity contribution is 0.0970. The second kappa shape index (κ2) is 6.12. The minimum absolute atomic E-state index is 0.0740. The number of carbonyl (C=O) groups excluding carboxylic acids is 1. The predicted molar refractivity (Wildman–Crippen MR) is 86.6 cm³/mol. The Hall–Kier alpha value is -1.83. The van der Waals surface area contributed by atoms with Crippen LogP contribution in [0.5, 0.6) is 0 Å². The average Bonchev–Trinajstić information content (AvgIpc) is 3.16. The van der Waals surface area contributed by atoms with Crippen molar-refractivity contribution in [2.24, 2.45) is 5.92 Å². The predicted octanol–water partition coefficient (Wildman–Crippen LogP) is 2.51. The van der Waals surface area contributed by atoms with Crippen LogP contribution in [0.15, 0.2) is 0 Å². The number of nitrogens with two attached hydrogens (primary N) is 1. The van der Waals surface area contributed by atoms with Gasteiger partial charge in [0.2, 0.25) is 0 Å². The topological polar surface area (TPSA) is 109 Å². The maximum Gasteiger partial charge on any atom is 0.407 e. The molecule has 8 heteroatoms. The van der Waals surface area contributed by atoms with Crippen molar-refractivity contribution in [3.8, 4) is 0 Å². The monoisotopic (exact) mass is 326 g/mol. The molecule has 0 aromatic carbocycles. The molecule has 1 aromatic rings. The lowest BCUT2D eigenvalue weighted by Crippen LogP contribution is -2.47. The molecule has 0 aliphatic heterocycles. The van der Waals surface area contributed by atoms with E-state index in [0.717, 1.165) is 12.8 Å². The van der Waals surface area contributed by atoms with Crippen molar-refractivity contribution in [3.05, 3.63) is 4.88 Å². The third-order valence-electron chi connectivity index (χ3n) is 3.48. The normalized spacial score (nSPS) is 14.7. The molecule has 4 N–H and O–H groups in total. The number of rotatable bonds is 6. The Bertz CT molecular complexity index is 575.